The molecule has 2 atom stereocenters. The van der Waals surface area contributed by atoms with Crippen molar-refractivity contribution < 1.29 is 0 Å². The fourth-order valence-corrected chi connectivity index (χ4v) is 7.60. The standard InChI is InChI=1S/C40H24N4/c41-23-27-19-22-37(40(32(27)24-42)44-33-15-7-5-13-30(33)31-14-6-8-16-34(31)44)43-35-20-17-25-9-1-3-11-28(25)38(35)39-29-12-4-2-10-26(29)18-21-36(39)43/h1-22,37,40H. The molecule has 4 heteroatoms. The van der Waals surface area contributed by atoms with Crippen LogP contribution in [0.4, 0.5) is 0 Å². The minimum atomic E-state index is -0.443. The van der Waals surface area contributed by atoms with Crippen LogP contribution in [0.1, 0.15) is 12.1 Å². The fraction of sp³-hybridized carbons (Fsp3) is 0.0500. The van der Waals surface area contributed by atoms with Crippen molar-refractivity contribution in [3.8, 4) is 12.1 Å². The molecule has 44 heavy (non-hydrogen) atoms. The Kier molecular flexibility index (Phi) is 5.12. The van der Waals surface area contributed by atoms with E-state index < -0.39 is 6.04 Å². The van der Waals surface area contributed by atoms with Gasteiger partial charge in [-0.3, -0.25) is 0 Å². The summed E-state index contributed by atoms with van der Waals surface area (Å²) in [5, 5.41) is 30.4. The predicted octanol–water partition coefficient (Wildman–Crippen LogP) is 9.90. The Balaban J connectivity index is 1.46. The number of nitrogens with zero attached hydrogens (tertiary/aromatic N) is 4. The predicted molar refractivity (Wildman–Crippen MR) is 179 cm³/mol. The Morgan fingerprint density at radius 3 is 1.50 bits per heavy atom. The summed E-state index contributed by atoms with van der Waals surface area (Å²) in [7, 11) is 0. The summed E-state index contributed by atoms with van der Waals surface area (Å²) in [6.45, 7) is 0. The first-order chi connectivity index (χ1) is 21.8. The highest BCUT2D eigenvalue weighted by Crippen LogP contribution is 2.47. The number of hydrogen-bond donors (Lipinski definition) is 0. The van der Waals surface area contributed by atoms with Crippen molar-refractivity contribution in [1.82, 2.24) is 9.13 Å². The van der Waals surface area contributed by atoms with Gasteiger partial charge in [0.15, 0.2) is 0 Å². The van der Waals surface area contributed by atoms with Crippen molar-refractivity contribution in [1.29, 1.82) is 10.5 Å². The monoisotopic (exact) mass is 560 g/mol. The van der Waals surface area contributed by atoms with E-state index in [1.54, 1.807) is 0 Å². The number of rotatable bonds is 2. The van der Waals surface area contributed by atoms with E-state index in [1.165, 1.54) is 32.3 Å². The minimum absolute atomic E-state index is 0.275. The highest BCUT2D eigenvalue weighted by Gasteiger charge is 2.35. The molecule has 4 nitrogen and oxygen atoms in total. The van der Waals surface area contributed by atoms with Crippen LogP contribution in [-0.2, 0) is 0 Å². The van der Waals surface area contributed by atoms with Gasteiger partial charge >= 0.3 is 0 Å². The second kappa shape index (κ2) is 9.20. The van der Waals surface area contributed by atoms with Gasteiger partial charge in [0.1, 0.15) is 6.07 Å². The SMILES string of the molecule is N#CC1=C(C#N)C(n2c3ccccc3c3ccccc32)C(n2c3ccc4ccccc4c3c3c4ccccc4ccc32)C=C1. The van der Waals surface area contributed by atoms with Crippen molar-refractivity contribution in [2.24, 2.45) is 0 Å². The fourth-order valence-electron chi connectivity index (χ4n) is 7.60. The number of benzene rings is 6. The zero-order chi connectivity index (χ0) is 29.4. The average Bonchev–Trinajstić information content (AvgIpc) is 3.61. The van der Waals surface area contributed by atoms with Gasteiger partial charge in [-0.2, -0.15) is 10.5 Å². The lowest BCUT2D eigenvalue weighted by Gasteiger charge is -2.32. The summed E-state index contributed by atoms with van der Waals surface area (Å²) < 4.78 is 4.69. The van der Waals surface area contributed by atoms with Crippen molar-refractivity contribution in [3.63, 3.8) is 0 Å². The van der Waals surface area contributed by atoms with Gasteiger partial charge in [-0.05, 0) is 51.9 Å². The molecule has 0 bridgehead atoms. The van der Waals surface area contributed by atoms with Gasteiger partial charge in [-0.1, -0.05) is 103 Å². The maximum absolute atomic E-state index is 10.7. The molecule has 0 spiro atoms. The Morgan fingerprint density at radius 1 is 0.477 bits per heavy atom. The lowest BCUT2D eigenvalue weighted by molar-refractivity contribution is 0.464. The zero-order valence-electron chi connectivity index (χ0n) is 23.6. The largest absolute Gasteiger partial charge is 0.331 e. The molecule has 0 N–H and O–H groups in total. The number of para-hydroxylation sites is 2. The molecular formula is C40H24N4. The molecule has 2 unspecified atom stereocenters. The normalized spacial score (nSPS) is 16.9. The molecule has 204 valence electrons. The Labute approximate surface area is 253 Å². The Hall–Kier alpha value is -6.10. The summed E-state index contributed by atoms with van der Waals surface area (Å²) in [6, 6.07) is 46.8. The van der Waals surface area contributed by atoms with Crippen LogP contribution in [0.3, 0.4) is 0 Å². The molecule has 1 aliphatic carbocycles. The summed E-state index contributed by atoms with van der Waals surface area (Å²) in [5.74, 6) is 0. The summed E-state index contributed by atoms with van der Waals surface area (Å²) in [5.41, 5.74) is 5.18. The maximum atomic E-state index is 10.7. The van der Waals surface area contributed by atoms with E-state index >= 15 is 0 Å². The van der Waals surface area contributed by atoms with Gasteiger partial charge in [-0.15, -0.1) is 0 Å². The van der Waals surface area contributed by atoms with Gasteiger partial charge in [0.05, 0.1) is 40.3 Å². The van der Waals surface area contributed by atoms with Crippen LogP contribution in [0.15, 0.2) is 145 Å². The van der Waals surface area contributed by atoms with E-state index in [0.29, 0.717) is 11.1 Å². The van der Waals surface area contributed by atoms with Gasteiger partial charge in [0.25, 0.3) is 0 Å². The third kappa shape index (κ3) is 3.20. The van der Waals surface area contributed by atoms with E-state index in [0.717, 1.165) is 32.8 Å². The van der Waals surface area contributed by atoms with Crippen LogP contribution in [0.25, 0.3) is 65.2 Å². The quantitative estimate of drug-likeness (QED) is 0.211. The molecule has 0 saturated carbocycles. The topological polar surface area (TPSA) is 57.4 Å². The number of fused-ring (bicyclic) bond motifs is 10. The molecular weight excluding hydrogens is 536 g/mol. The van der Waals surface area contributed by atoms with E-state index in [4.69, 9.17) is 0 Å². The highest BCUT2D eigenvalue weighted by atomic mass is 15.1. The minimum Gasteiger partial charge on any atom is -0.331 e. The Bertz CT molecular complexity index is 2500. The van der Waals surface area contributed by atoms with Crippen LogP contribution >= 0.6 is 0 Å². The van der Waals surface area contributed by atoms with Crippen LogP contribution in [0.5, 0.6) is 0 Å². The first kappa shape index (κ1) is 24.5. The first-order valence-electron chi connectivity index (χ1n) is 14.8. The second-order valence-corrected chi connectivity index (χ2v) is 11.5. The van der Waals surface area contributed by atoms with Crippen LogP contribution in [0, 0.1) is 22.7 Å². The smallest absolute Gasteiger partial charge is 0.100 e. The van der Waals surface area contributed by atoms with Crippen LogP contribution in [-0.4, -0.2) is 9.13 Å². The van der Waals surface area contributed by atoms with E-state index in [1.807, 2.05) is 18.2 Å². The Morgan fingerprint density at radius 2 is 0.977 bits per heavy atom. The molecule has 0 saturated heterocycles. The molecule has 0 radical (unpaired) electrons. The molecule has 0 amide bonds. The molecule has 2 heterocycles. The maximum Gasteiger partial charge on any atom is 0.100 e. The van der Waals surface area contributed by atoms with E-state index in [-0.39, 0.29) is 6.04 Å². The third-order valence-corrected chi connectivity index (χ3v) is 9.39. The number of nitriles is 2. The average molecular weight is 561 g/mol. The highest BCUT2D eigenvalue weighted by molar-refractivity contribution is 6.28. The molecule has 2 aromatic heterocycles. The van der Waals surface area contributed by atoms with Crippen molar-refractivity contribution in [2.45, 2.75) is 12.1 Å². The van der Waals surface area contributed by atoms with Gasteiger partial charge in [0.2, 0.25) is 0 Å². The van der Waals surface area contributed by atoms with Crippen molar-refractivity contribution in [2.75, 3.05) is 0 Å². The lowest BCUT2D eigenvalue weighted by Crippen LogP contribution is -2.26. The van der Waals surface area contributed by atoms with Crippen LogP contribution in [0.2, 0.25) is 0 Å². The summed E-state index contributed by atoms with van der Waals surface area (Å²) in [4.78, 5) is 0. The lowest BCUT2D eigenvalue weighted by atomic mass is 9.89. The first-order valence-corrected chi connectivity index (χ1v) is 14.8. The van der Waals surface area contributed by atoms with Gasteiger partial charge in [0, 0.05) is 32.6 Å². The van der Waals surface area contributed by atoms with Gasteiger partial charge < -0.3 is 9.13 Å². The number of aromatic nitrogens is 2. The van der Waals surface area contributed by atoms with Crippen LogP contribution < -0.4 is 0 Å². The van der Waals surface area contributed by atoms with E-state index in [2.05, 4.69) is 137 Å². The van der Waals surface area contributed by atoms with Crippen molar-refractivity contribution >= 4 is 65.2 Å². The summed E-state index contributed by atoms with van der Waals surface area (Å²) in [6.07, 6.45) is 3.96. The number of allylic oxidation sites excluding steroid dienone is 4. The number of hydrogen-bond acceptors (Lipinski definition) is 2. The molecule has 9 rings (SSSR count). The van der Waals surface area contributed by atoms with Gasteiger partial charge in [-0.25, -0.2) is 0 Å². The zero-order valence-corrected chi connectivity index (χ0v) is 23.6. The molecule has 6 aromatic carbocycles. The molecule has 8 aromatic rings. The van der Waals surface area contributed by atoms with E-state index in [9.17, 15) is 10.5 Å². The molecule has 0 aliphatic heterocycles. The molecule has 0 fully saturated rings. The second-order valence-electron chi connectivity index (χ2n) is 11.5. The molecule has 1 aliphatic rings. The third-order valence-electron chi connectivity index (χ3n) is 9.39. The summed E-state index contributed by atoms with van der Waals surface area (Å²) >= 11 is 0. The van der Waals surface area contributed by atoms with Crippen molar-refractivity contribution in [3.05, 3.63) is 145 Å².